The molecule has 1 unspecified atom stereocenters. The second kappa shape index (κ2) is 9.11. The Bertz CT molecular complexity index is 1060. The summed E-state index contributed by atoms with van der Waals surface area (Å²) >= 11 is 6.23. The molecule has 2 N–H and O–H groups in total. The molecule has 154 valence electrons. The fourth-order valence-electron chi connectivity index (χ4n) is 3.29. The third-order valence-electron chi connectivity index (χ3n) is 4.85. The van der Waals surface area contributed by atoms with Crippen LogP contribution in [0.15, 0.2) is 60.8 Å². The maximum Gasteiger partial charge on any atom is 0.256 e. The van der Waals surface area contributed by atoms with Gasteiger partial charge in [-0.15, -0.1) is 0 Å². The Kier molecular flexibility index (Phi) is 6.11. The average molecular weight is 425 g/mol. The zero-order valence-corrected chi connectivity index (χ0v) is 16.9. The Labute approximate surface area is 179 Å². The highest BCUT2D eigenvalue weighted by Gasteiger charge is 2.23. The molecule has 4 rings (SSSR count). The first kappa shape index (κ1) is 20.1. The van der Waals surface area contributed by atoms with Crippen LogP contribution in [0, 0.1) is 0 Å². The smallest absolute Gasteiger partial charge is 0.256 e. The number of carbonyl (C=O) groups excluding carboxylic acids is 2. The van der Waals surface area contributed by atoms with E-state index in [1.807, 2.05) is 24.3 Å². The van der Waals surface area contributed by atoms with Crippen LogP contribution in [0.5, 0.6) is 0 Å². The number of benzene rings is 2. The van der Waals surface area contributed by atoms with Gasteiger partial charge in [-0.1, -0.05) is 35.9 Å². The van der Waals surface area contributed by atoms with Gasteiger partial charge in [0.2, 0.25) is 0 Å². The summed E-state index contributed by atoms with van der Waals surface area (Å²) in [5.74, 6) is 0.0562. The van der Waals surface area contributed by atoms with Crippen molar-refractivity contribution >= 4 is 34.9 Å². The Morgan fingerprint density at radius 3 is 2.80 bits per heavy atom. The Morgan fingerprint density at radius 2 is 2.00 bits per heavy atom. The van der Waals surface area contributed by atoms with Gasteiger partial charge >= 0.3 is 0 Å². The lowest BCUT2D eigenvalue weighted by Gasteiger charge is -2.12. The standard InChI is InChI=1S/C22H21ClN4O3/c23-18-8-2-1-5-16(18)14-27-20(10-11-24-27)26-21(28)15-6-3-7-17(13-15)25-22(29)19-9-4-12-30-19/h1-3,5-8,10-11,13,19H,4,9,12,14H2,(H,25,29)(H,26,28). The number of hydrogen-bond acceptors (Lipinski definition) is 4. The molecule has 2 aromatic carbocycles. The van der Waals surface area contributed by atoms with Gasteiger partial charge in [0, 0.05) is 28.9 Å². The Hall–Kier alpha value is -3.16. The van der Waals surface area contributed by atoms with E-state index in [1.54, 1.807) is 41.2 Å². The normalized spacial score (nSPS) is 15.7. The molecule has 1 atom stereocenters. The van der Waals surface area contributed by atoms with Crippen LogP contribution < -0.4 is 10.6 Å². The zero-order chi connectivity index (χ0) is 20.9. The second-order valence-corrected chi connectivity index (χ2v) is 7.40. The molecule has 8 heteroatoms. The highest BCUT2D eigenvalue weighted by molar-refractivity contribution is 6.31. The fourth-order valence-corrected chi connectivity index (χ4v) is 3.48. The quantitative estimate of drug-likeness (QED) is 0.627. The molecule has 30 heavy (non-hydrogen) atoms. The van der Waals surface area contributed by atoms with Gasteiger partial charge in [0.25, 0.3) is 11.8 Å². The summed E-state index contributed by atoms with van der Waals surface area (Å²) < 4.78 is 7.06. The number of anilines is 2. The number of nitrogens with one attached hydrogen (secondary N) is 2. The predicted molar refractivity (Wildman–Crippen MR) is 115 cm³/mol. The van der Waals surface area contributed by atoms with Crippen molar-refractivity contribution in [3.05, 3.63) is 76.9 Å². The minimum atomic E-state index is -0.429. The van der Waals surface area contributed by atoms with Crippen molar-refractivity contribution in [2.75, 3.05) is 17.2 Å². The van der Waals surface area contributed by atoms with Gasteiger partial charge in [-0.05, 0) is 42.7 Å². The maximum atomic E-state index is 12.8. The summed E-state index contributed by atoms with van der Waals surface area (Å²) in [5, 5.41) is 10.6. The highest BCUT2D eigenvalue weighted by Crippen LogP contribution is 2.20. The van der Waals surface area contributed by atoms with E-state index in [4.69, 9.17) is 16.3 Å². The van der Waals surface area contributed by atoms with E-state index < -0.39 is 6.10 Å². The molecule has 0 bridgehead atoms. The first-order valence-corrected chi connectivity index (χ1v) is 10.1. The first-order chi connectivity index (χ1) is 14.6. The van der Waals surface area contributed by atoms with E-state index >= 15 is 0 Å². The molecule has 3 aromatic rings. The minimum Gasteiger partial charge on any atom is -0.368 e. The topological polar surface area (TPSA) is 85.3 Å². The molecule has 1 saturated heterocycles. The van der Waals surface area contributed by atoms with Crippen LogP contribution in [-0.2, 0) is 16.1 Å². The summed E-state index contributed by atoms with van der Waals surface area (Å²) in [7, 11) is 0. The van der Waals surface area contributed by atoms with Crippen molar-refractivity contribution in [1.29, 1.82) is 0 Å². The first-order valence-electron chi connectivity index (χ1n) is 9.69. The van der Waals surface area contributed by atoms with Crippen molar-refractivity contribution in [2.45, 2.75) is 25.5 Å². The Morgan fingerprint density at radius 1 is 1.13 bits per heavy atom. The van der Waals surface area contributed by atoms with E-state index in [0.717, 1.165) is 12.0 Å². The summed E-state index contributed by atoms with van der Waals surface area (Å²) in [6.45, 7) is 1.03. The molecule has 1 aliphatic heterocycles. The highest BCUT2D eigenvalue weighted by atomic mass is 35.5. The summed E-state index contributed by atoms with van der Waals surface area (Å²) in [4.78, 5) is 25.0. The molecule has 1 fully saturated rings. The van der Waals surface area contributed by atoms with Crippen LogP contribution in [0.4, 0.5) is 11.5 Å². The summed E-state index contributed by atoms with van der Waals surface area (Å²) in [6, 6.07) is 16.0. The van der Waals surface area contributed by atoms with Crippen molar-refractivity contribution in [2.24, 2.45) is 0 Å². The van der Waals surface area contributed by atoms with Crippen LogP contribution in [-0.4, -0.2) is 34.3 Å². The van der Waals surface area contributed by atoms with Crippen molar-refractivity contribution < 1.29 is 14.3 Å². The number of ether oxygens (including phenoxy) is 1. The van der Waals surface area contributed by atoms with Gasteiger partial charge in [-0.3, -0.25) is 9.59 Å². The fraction of sp³-hybridized carbons (Fsp3) is 0.227. The van der Waals surface area contributed by atoms with Crippen molar-refractivity contribution in [3.63, 3.8) is 0 Å². The number of halogens is 1. The summed E-state index contributed by atoms with van der Waals surface area (Å²) in [5.41, 5.74) is 1.87. The molecule has 0 spiro atoms. The van der Waals surface area contributed by atoms with Crippen LogP contribution in [0.2, 0.25) is 5.02 Å². The Balaban J connectivity index is 1.44. The van der Waals surface area contributed by atoms with E-state index in [-0.39, 0.29) is 11.8 Å². The second-order valence-electron chi connectivity index (χ2n) is 6.99. The largest absolute Gasteiger partial charge is 0.368 e. The molecule has 1 aliphatic rings. The number of hydrogen-bond donors (Lipinski definition) is 2. The molecule has 7 nitrogen and oxygen atoms in total. The van der Waals surface area contributed by atoms with E-state index in [2.05, 4.69) is 15.7 Å². The zero-order valence-electron chi connectivity index (χ0n) is 16.2. The average Bonchev–Trinajstić information content (AvgIpc) is 3.43. The maximum absolute atomic E-state index is 12.8. The lowest BCUT2D eigenvalue weighted by atomic mass is 10.1. The van der Waals surface area contributed by atoms with Gasteiger partial charge in [0.15, 0.2) is 0 Å². The predicted octanol–water partition coefficient (Wildman–Crippen LogP) is 3.95. The van der Waals surface area contributed by atoms with Gasteiger partial charge in [0.1, 0.15) is 11.9 Å². The van der Waals surface area contributed by atoms with E-state index in [0.29, 0.717) is 41.7 Å². The molecule has 2 heterocycles. The number of rotatable bonds is 6. The molecule has 0 radical (unpaired) electrons. The lowest BCUT2D eigenvalue weighted by Crippen LogP contribution is -2.27. The van der Waals surface area contributed by atoms with Crippen LogP contribution in [0.25, 0.3) is 0 Å². The summed E-state index contributed by atoms with van der Waals surface area (Å²) in [6.07, 6.45) is 2.77. The van der Waals surface area contributed by atoms with Crippen LogP contribution >= 0.6 is 11.6 Å². The van der Waals surface area contributed by atoms with Gasteiger partial charge in [-0.2, -0.15) is 5.10 Å². The number of carbonyl (C=O) groups is 2. The third kappa shape index (κ3) is 4.69. The molecule has 2 amide bonds. The number of amides is 2. The minimum absolute atomic E-state index is 0.192. The molecule has 1 aromatic heterocycles. The SMILES string of the molecule is O=C(Nc1ccnn1Cc1ccccc1Cl)c1cccc(NC(=O)C2CCCO2)c1. The lowest BCUT2D eigenvalue weighted by molar-refractivity contribution is -0.124. The van der Waals surface area contributed by atoms with Crippen molar-refractivity contribution in [1.82, 2.24) is 9.78 Å². The number of aromatic nitrogens is 2. The van der Waals surface area contributed by atoms with Gasteiger partial charge in [0.05, 0.1) is 12.7 Å². The number of nitrogens with zero attached hydrogens (tertiary/aromatic N) is 2. The van der Waals surface area contributed by atoms with Crippen LogP contribution in [0.1, 0.15) is 28.8 Å². The molecule has 0 saturated carbocycles. The van der Waals surface area contributed by atoms with E-state index in [9.17, 15) is 9.59 Å². The molecular weight excluding hydrogens is 404 g/mol. The van der Waals surface area contributed by atoms with Crippen molar-refractivity contribution in [3.8, 4) is 0 Å². The molecule has 0 aliphatic carbocycles. The van der Waals surface area contributed by atoms with Gasteiger partial charge < -0.3 is 15.4 Å². The monoisotopic (exact) mass is 424 g/mol. The van der Waals surface area contributed by atoms with Crippen LogP contribution in [0.3, 0.4) is 0 Å². The third-order valence-corrected chi connectivity index (χ3v) is 5.22. The van der Waals surface area contributed by atoms with Gasteiger partial charge in [-0.25, -0.2) is 4.68 Å². The molecular formula is C22H21ClN4O3. The van der Waals surface area contributed by atoms with E-state index in [1.165, 1.54) is 0 Å².